The molecule has 0 aliphatic rings. The second kappa shape index (κ2) is 6.64. The first-order chi connectivity index (χ1) is 11.1. The molecule has 0 radical (unpaired) electrons. The van der Waals surface area contributed by atoms with E-state index in [-0.39, 0.29) is 5.56 Å². The van der Waals surface area contributed by atoms with Gasteiger partial charge in [0, 0.05) is 21.2 Å². The van der Waals surface area contributed by atoms with E-state index in [9.17, 15) is 9.59 Å². The van der Waals surface area contributed by atoms with Gasteiger partial charge in [0.05, 0.1) is 18.5 Å². The molecule has 0 saturated carbocycles. The van der Waals surface area contributed by atoms with E-state index in [4.69, 9.17) is 4.74 Å². The van der Waals surface area contributed by atoms with E-state index in [1.807, 2.05) is 12.1 Å². The van der Waals surface area contributed by atoms with E-state index in [0.29, 0.717) is 23.9 Å². The van der Waals surface area contributed by atoms with Crippen LogP contribution in [0.2, 0.25) is 0 Å². The fourth-order valence-electron chi connectivity index (χ4n) is 2.26. The molecule has 0 N–H and O–H groups in total. The van der Waals surface area contributed by atoms with Gasteiger partial charge in [0.2, 0.25) is 0 Å². The minimum Gasteiger partial charge on any atom is -0.461 e. The largest absolute Gasteiger partial charge is 0.461 e. The van der Waals surface area contributed by atoms with E-state index in [0.717, 1.165) is 16.5 Å². The molecule has 5 nitrogen and oxygen atoms in total. The van der Waals surface area contributed by atoms with E-state index >= 15 is 0 Å². The Morgan fingerprint density at radius 1 is 1.39 bits per heavy atom. The van der Waals surface area contributed by atoms with Crippen LogP contribution in [0.25, 0.3) is 10.1 Å². The molecule has 3 heterocycles. The second-order valence-electron chi connectivity index (χ2n) is 4.94. The zero-order valence-electron chi connectivity index (χ0n) is 12.9. The average molecular weight is 348 g/mol. The predicted molar refractivity (Wildman–Crippen MR) is 92.6 cm³/mol. The first-order valence-corrected chi connectivity index (χ1v) is 9.05. The molecule has 0 fully saturated rings. The number of ether oxygens (including phenoxy) is 1. The van der Waals surface area contributed by atoms with E-state index < -0.39 is 5.97 Å². The number of carbonyl (C=O) groups excluding carboxylic acids is 1. The van der Waals surface area contributed by atoms with Gasteiger partial charge in [-0.25, -0.2) is 9.78 Å². The maximum absolute atomic E-state index is 12.6. The number of nitrogens with zero attached hydrogens (tertiary/aromatic N) is 2. The summed E-state index contributed by atoms with van der Waals surface area (Å²) < 4.78 is 7.56. The van der Waals surface area contributed by atoms with Crippen LogP contribution in [0.4, 0.5) is 0 Å². The molecular formula is C16H16N2O3S2. The van der Waals surface area contributed by atoms with Gasteiger partial charge >= 0.3 is 5.97 Å². The van der Waals surface area contributed by atoms with Crippen molar-refractivity contribution in [3.05, 3.63) is 49.6 Å². The Balaban J connectivity index is 1.88. The Kier molecular flexibility index (Phi) is 4.58. The highest BCUT2D eigenvalue weighted by molar-refractivity contribution is 7.19. The third kappa shape index (κ3) is 3.20. The summed E-state index contributed by atoms with van der Waals surface area (Å²) in [6.07, 6.45) is 2.71. The summed E-state index contributed by atoms with van der Waals surface area (Å²) in [5, 5.41) is 3.12. The first kappa shape index (κ1) is 15.9. The summed E-state index contributed by atoms with van der Waals surface area (Å²) in [6.45, 7) is 4.51. The number of thiophene rings is 1. The summed E-state index contributed by atoms with van der Waals surface area (Å²) in [6, 6.07) is 3.92. The number of hydrogen-bond acceptors (Lipinski definition) is 6. The molecule has 0 aliphatic carbocycles. The van der Waals surface area contributed by atoms with Crippen molar-refractivity contribution in [2.75, 3.05) is 6.61 Å². The molecule has 120 valence electrons. The van der Waals surface area contributed by atoms with Crippen molar-refractivity contribution in [3.8, 4) is 0 Å². The second-order valence-corrected chi connectivity index (χ2v) is 7.05. The zero-order valence-corrected chi connectivity index (χ0v) is 14.5. The smallest absolute Gasteiger partial charge is 0.357 e. The van der Waals surface area contributed by atoms with Crippen molar-refractivity contribution in [2.24, 2.45) is 0 Å². The molecule has 0 amide bonds. The average Bonchev–Trinajstić information content (AvgIpc) is 3.17. The SMILES string of the molecule is CCOC(=O)c1csc(Cn2ccc3sc(CC)cc3c2=O)n1. The fourth-order valence-corrected chi connectivity index (χ4v) is 4.01. The molecule has 0 unspecified atom stereocenters. The van der Waals surface area contributed by atoms with E-state index in [1.165, 1.54) is 16.2 Å². The Morgan fingerprint density at radius 2 is 2.22 bits per heavy atom. The number of rotatable bonds is 5. The maximum atomic E-state index is 12.6. The van der Waals surface area contributed by atoms with Crippen LogP contribution in [0.15, 0.2) is 28.5 Å². The topological polar surface area (TPSA) is 61.2 Å². The lowest BCUT2D eigenvalue weighted by Gasteiger charge is -2.02. The minimum atomic E-state index is -0.428. The van der Waals surface area contributed by atoms with Gasteiger partial charge in [-0.3, -0.25) is 4.79 Å². The van der Waals surface area contributed by atoms with Gasteiger partial charge in [-0.1, -0.05) is 6.92 Å². The summed E-state index contributed by atoms with van der Waals surface area (Å²) in [5.41, 5.74) is 0.274. The van der Waals surface area contributed by atoms with Crippen LogP contribution in [0.1, 0.15) is 34.2 Å². The van der Waals surface area contributed by atoms with Crippen molar-refractivity contribution < 1.29 is 9.53 Å². The van der Waals surface area contributed by atoms with Crippen LogP contribution in [0, 0.1) is 0 Å². The van der Waals surface area contributed by atoms with Crippen molar-refractivity contribution in [1.29, 1.82) is 0 Å². The molecule has 0 atom stereocenters. The quantitative estimate of drug-likeness (QED) is 0.664. The van der Waals surface area contributed by atoms with Gasteiger partial charge in [0.15, 0.2) is 5.69 Å². The normalized spacial score (nSPS) is 11.0. The van der Waals surface area contributed by atoms with Crippen LogP contribution >= 0.6 is 22.7 Å². The van der Waals surface area contributed by atoms with Gasteiger partial charge in [0.1, 0.15) is 5.01 Å². The highest BCUT2D eigenvalue weighted by Gasteiger charge is 2.13. The number of hydrogen-bond donors (Lipinski definition) is 0. The number of carbonyl (C=O) groups is 1. The molecule has 0 bridgehead atoms. The highest BCUT2D eigenvalue weighted by atomic mass is 32.1. The molecule has 3 rings (SSSR count). The third-order valence-electron chi connectivity index (χ3n) is 3.40. The standard InChI is InChI=1S/C16H16N2O3S2/c1-3-10-7-11-13(23-10)5-6-18(15(11)19)8-14-17-12(9-22-14)16(20)21-4-2/h5-7,9H,3-4,8H2,1-2H3. The summed E-state index contributed by atoms with van der Waals surface area (Å²) >= 11 is 3.01. The van der Waals surface area contributed by atoms with Crippen molar-refractivity contribution in [1.82, 2.24) is 9.55 Å². The lowest BCUT2D eigenvalue weighted by molar-refractivity contribution is 0.0520. The van der Waals surface area contributed by atoms with Crippen LogP contribution in [-0.4, -0.2) is 22.1 Å². The number of aryl methyl sites for hydroxylation is 1. The Morgan fingerprint density at radius 3 is 2.96 bits per heavy atom. The molecule has 3 aromatic heterocycles. The Hall–Kier alpha value is -1.99. The molecule has 7 heteroatoms. The zero-order chi connectivity index (χ0) is 16.4. The number of thiazole rings is 1. The van der Waals surface area contributed by atoms with Crippen molar-refractivity contribution in [2.45, 2.75) is 26.8 Å². The van der Waals surface area contributed by atoms with Crippen LogP contribution in [-0.2, 0) is 17.7 Å². The molecule has 23 heavy (non-hydrogen) atoms. The van der Waals surface area contributed by atoms with Crippen molar-refractivity contribution >= 4 is 38.7 Å². The lowest BCUT2D eigenvalue weighted by Crippen LogP contribution is -2.19. The van der Waals surface area contributed by atoms with Gasteiger partial charge in [-0.15, -0.1) is 22.7 Å². The lowest BCUT2D eigenvalue weighted by atomic mass is 10.3. The molecule has 0 aromatic carbocycles. The van der Waals surface area contributed by atoms with Crippen LogP contribution in [0.5, 0.6) is 0 Å². The first-order valence-electron chi connectivity index (χ1n) is 7.35. The van der Waals surface area contributed by atoms with Gasteiger partial charge in [-0.05, 0) is 25.5 Å². The molecular weight excluding hydrogens is 332 g/mol. The van der Waals surface area contributed by atoms with Gasteiger partial charge in [0.25, 0.3) is 5.56 Å². The van der Waals surface area contributed by atoms with Gasteiger partial charge in [-0.2, -0.15) is 0 Å². The summed E-state index contributed by atoms with van der Waals surface area (Å²) in [7, 11) is 0. The number of esters is 1. The predicted octanol–water partition coefficient (Wildman–Crippen LogP) is 3.31. The minimum absolute atomic E-state index is 0.0219. The summed E-state index contributed by atoms with van der Waals surface area (Å²) in [5.74, 6) is -0.428. The highest BCUT2D eigenvalue weighted by Crippen LogP contribution is 2.23. The molecule has 0 saturated heterocycles. The number of aromatic nitrogens is 2. The third-order valence-corrected chi connectivity index (χ3v) is 5.48. The molecule has 0 spiro atoms. The van der Waals surface area contributed by atoms with Crippen LogP contribution < -0.4 is 5.56 Å². The van der Waals surface area contributed by atoms with E-state index in [1.54, 1.807) is 34.4 Å². The Labute approximate surface area is 141 Å². The van der Waals surface area contributed by atoms with Crippen molar-refractivity contribution in [3.63, 3.8) is 0 Å². The van der Waals surface area contributed by atoms with E-state index in [2.05, 4.69) is 11.9 Å². The molecule has 3 aromatic rings. The fraction of sp³-hybridized carbons (Fsp3) is 0.312. The number of pyridine rings is 1. The monoisotopic (exact) mass is 348 g/mol. The molecule has 0 aliphatic heterocycles. The van der Waals surface area contributed by atoms with Gasteiger partial charge < -0.3 is 9.30 Å². The van der Waals surface area contributed by atoms with Crippen LogP contribution in [0.3, 0.4) is 0 Å². The Bertz CT molecular complexity index is 908. The number of fused-ring (bicyclic) bond motifs is 1. The maximum Gasteiger partial charge on any atom is 0.357 e. The summed E-state index contributed by atoms with van der Waals surface area (Å²) in [4.78, 5) is 29.7.